The van der Waals surface area contributed by atoms with Gasteiger partial charge < -0.3 is 19.3 Å². The van der Waals surface area contributed by atoms with Crippen molar-refractivity contribution in [1.29, 1.82) is 0 Å². The van der Waals surface area contributed by atoms with Crippen LogP contribution in [0.15, 0.2) is 77.7 Å². The molecule has 0 spiro atoms. The highest BCUT2D eigenvalue weighted by atomic mass is 79.9. The zero-order chi connectivity index (χ0) is 35.9. The van der Waals surface area contributed by atoms with Crippen LogP contribution in [0.1, 0.15) is 46.5 Å². The molecule has 3 aromatic heterocycles. The van der Waals surface area contributed by atoms with E-state index in [-0.39, 0.29) is 25.4 Å². The maximum Gasteiger partial charge on any atom is 0.410 e. The molecule has 14 heteroatoms. The molecule has 0 unspecified atom stereocenters. The summed E-state index contributed by atoms with van der Waals surface area (Å²) in [5.74, 6) is 0. The van der Waals surface area contributed by atoms with E-state index in [9.17, 15) is 9.59 Å². The first-order chi connectivity index (χ1) is 24.6. The number of pyridine rings is 1. The van der Waals surface area contributed by atoms with Crippen molar-refractivity contribution in [3.8, 4) is 11.3 Å². The lowest BCUT2D eigenvalue weighted by atomic mass is 10.1. The third-order valence-corrected chi connectivity index (χ3v) is 9.24. The van der Waals surface area contributed by atoms with E-state index in [0.29, 0.717) is 36.2 Å². The lowest BCUT2D eigenvalue weighted by molar-refractivity contribution is 0.0935. The summed E-state index contributed by atoms with van der Waals surface area (Å²) < 4.78 is 15.7. The van der Waals surface area contributed by atoms with Crippen molar-refractivity contribution < 1.29 is 19.1 Å². The molecule has 5 heterocycles. The van der Waals surface area contributed by atoms with Gasteiger partial charge in [0.2, 0.25) is 0 Å². The quantitative estimate of drug-likeness (QED) is 0.175. The summed E-state index contributed by atoms with van der Waals surface area (Å²) in [5.41, 5.74) is 7.78. The Morgan fingerprint density at radius 1 is 0.706 bits per heavy atom. The van der Waals surface area contributed by atoms with Crippen LogP contribution >= 0.6 is 39.1 Å². The molecule has 0 radical (unpaired) electrons. The van der Waals surface area contributed by atoms with Gasteiger partial charge in [0.25, 0.3) is 0 Å². The van der Waals surface area contributed by atoms with Gasteiger partial charge in [-0.05, 0) is 113 Å². The largest absolute Gasteiger partial charge is 0.445 e. The molecule has 2 aliphatic heterocycles. The molecule has 0 aliphatic carbocycles. The minimum Gasteiger partial charge on any atom is -0.445 e. The fourth-order valence-electron chi connectivity index (χ4n) is 6.13. The Hall–Kier alpha value is -4.39. The van der Waals surface area contributed by atoms with E-state index in [1.165, 1.54) is 0 Å². The number of carbonyl (C=O) groups is 2. The Kier molecular flexibility index (Phi) is 12.0. The van der Waals surface area contributed by atoms with Crippen LogP contribution in [0, 0.1) is 13.8 Å². The summed E-state index contributed by atoms with van der Waals surface area (Å²) in [6, 6.07) is 19.2. The number of rotatable bonds is 5. The number of aryl methyl sites for hydroxylation is 4. The second-order valence-corrected chi connectivity index (χ2v) is 14.3. The minimum absolute atomic E-state index is 0.207. The number of hydrogen-bond acceptors (Lipinski definition) is 7. The molecule has 0 fully saturated rings. The number of amides is 2. The Balaban J connectivity index is 0.000000179. The van der Waals surface area contributed by atoms with Crippen molar-refractivity contribution in [2.75, 3.05) is 13.1 Å². The van der Waals surface area contributed by atoms with Gasteiger partial charge in [-0.25, -0.2) is 9.59 Å². The molecule has 0 N–H and O–H groups in total. The summed E-state index contributed by atoms with van der Waals surface area (Å²) in [7, 11) is 0. The summed E-state index contributed by atoms with van der Waals surface area (Å²) in [5, 5.41) is 10.3. The summed E-state index contributed by atoms with van der Waals surface area (Å²) in [4.78, 5) is 32.4. The third-order valence-electron chi connectivity index (χ3n) is 8.42. The third kappa shape index (κ3) is 9.90. The van der Waals surface area contributed by atoms with Crippen LogP contribution in [0.25, 0.3) is 11.3 Å². The average molecular weight is 796 g/mol. The molecule has 7 rings (SSSR count). The van der Waals surface area contributed by atoms with E-state index in [1.807, 2.05) is 83.9 Å². The number of nitrogens with zero attached hydrogens (tertiary/aromatic N) is 7. The van der Waals surface area contributed by atoms with Crippen LogP contribution in [-0.2, 0) is 48.9 Å². The lowest BCUT2D eigenvalue weighted by Crippen LogP contribution is -2.31. The highest BCUT2D eigenvalue weighted by Gasteiger charge is 2.23. The highest BCUT2D eigenvalue weighted by Crippen LogP contribution is 2.23. The highest BCUT2D eigenvalue weighted by molar-refractivity contribution is 9.10. The predicted molar refractivity (Wildman–Crippen MR) is 198 cm³/mol. The molecule has 0 atom stereocenters. The first kappa shape index (κ1) is 36.4. The molecular formula is C37H38BrCl2N7O4. The van der Waals surface area contributed by atoms with Gasteiger partial charge in [0.05, 0.1) is 30.2 Å². The fraction of sp³-hybridized carbons (Fsp3) is 0.324. The van der Waals surface area contributed by atoms with E-state index in [4.69, 9.17) is 32.7 Å². The van der Waals surface area contributed by atoms with Crippen molar-refractivity contribution >= 4 is 51.3 Å². The van der Waals surface area contributed by atoms with Crippen LogP contribution in [0.3, 0.4) is 0 Å². The number of benzene rings is 2. The maximum absolute atomic E-state index is 12.6. The molecule has 51 heavy (non-hydrogen) atoms. The Morgan fingerprint density at radius 2 is 1.22 bits per heavy atom. The monoisotopic (exact) mass is 793 g/mol. The van der Waals surface area contributed by atoms with E-state index in [2.05, 4.69) is 31.1 Å². The molecule has 0 saturated heterocycles. The summed E-state index contributed by atoms with van der Waals surface area (Å²) in [6.07, 6.45) is 4.55. The van der Waals surface area contributed by atoms with Gasteiger partial charge in [0, 0.05) is 54.2 Å². The second-order valence-electron chi connectivity index (χ2n) is 12.6. The molecule has 11 nitrogen and oxygen atoms in total. The van der Waals surface area contributed by atoms with Gasteiger partial charge >= 0.3 is 12.2 Å². The Morgan fingerprint density at radius 3 is 1.75 bits per heavy atom. The zero-order valence-corrected chi connectivity index (χ0v) is 31.5. The second kappa shape index (κ2) is 16.8. The standard InChI is InChI=1S/C21H21ClN4O2.C16H17BrClN3O2/c1-15-9-16(11-18(22)10-15)14-28-21(27)25-7-2-8-26-19(13-25)12-20(24-26)17-3-5-23-6-4-17;1-11-5-12(7-13(18)6-11)10-23-16(22)20-3-2-4-21-14(9-20)8-15(17)19-21/h3-6,9-12H,2,7-8,13-14H2,1H3;5-8H,2-4,9-10H2,1H3. The number of fused-ring (bicyclic) bond motifs is 2. The van der Waals surface area contributed by atoms with Gasteiger partial charge in [-0.2, -0.15) is 10.2 Å². The van der Waals surface area contributed by atoms with Crippen molar-refractivity contribution in [3.63, 3.8) is 0 Å². The van der Waals surface area contributed by atoms with Crippen LogP contribution in [0.4, 0.5) is 9.59 Å². The SMILES string of the molecule is Cc1cc(Cl)cc(COC(=O)N2CCCn3nc(-c4ccncc4)cc3C2)c1.Cc1cc(Cl)cc(COC(=O)N2CCCn3nc(Br)cc3C2)c1. The van der Waals surface area contributed by atoms with E-state index >= 15 is 0 Å². The van der Waals surface area contributed by atoms with Gasteiger partial charge in [-0.1, -0.05) is 35.3 Å². The fourth-order valence-corrected chi connectivity index (χ4v) is 7.21. The van der Waals surface area contributed by atoms with Gasteiger partial charge in [0.1, 0.15) is 17.8 Å². The topological polar surface area (TPSA) is 108 Å². The van der Waals surface area contributed by atoms with Gasteiger partial charge in [-0.15, -0.1) is 0 Å². The zero-order valence-electron chi connectivity index (χ0n) is 28.4. The number of carbonyl (C=O) groups excluding carboxylic acids is 2. The Labute approximate surface area is 315 Å². The molecular weight excluding hydrogens is 757 g/mol. The first-order valence-corrected chi connectivity index (χ1v) is 18.2. The van der Waals surface area contributed by atoms with Crippen LogP contribution in [-0.4, -0.2) is 59.6 Å². The van der Waals surface area contributed by atoms with E-state index in [0.717, 1.165) is 75.4 Å². The van der Waals surface area contributed by atoms with Crippen molar-refractivity contribution in [2.24, 2.45) is 0 Å². The average Bonchev–Trinajstić information content (AvgIpc) is 3.51. The lowest BCUT2D eigenvalue weighted by Gasteiger charge is -2.19. The van der Waals surface area contributed by atoms with Crippen molar-refractivity contribution in [3.05, 3.63) is 121 Å². The number of halogens is 3. The number of aromatic nitrogens is 5. The van der Waals surface area contributed by atoms with Crippen molar-refractivity contribution in [2.45, 2.75) is 66.1 Å². The van der Waals surface area contributed by atoms with Gasteiger partial charge in [0.15, 0.2) is 0 Å². The summed E-state index contributed by atoms with van der Waals surface area (Å²) >= 11 is 15.5. The molecule has 266 valence electrons. The molecule has 0 bridgehead atoms. The maximum atomic E-state index is 12.6. The number of ether oxygens (including phenoxy) is 2. The molecule has 2 aliphatic rings. The molecule has 2 aromatic carbocycles. The molecule has 2 amide bonds. The van der Waals surface area contributed by atoms with Gasteiger partial charge in [-0.3, -0.25) is 14.3 Å². The minimum atomic E-state index is -0.322. The summed E-state index contributed by atoms with van der Waals surface area (Å²) in [6.45, 7) is 8.22. The van der Waals surface area contributed by atoms with Crippen LogP contribution in [0.5, 0.6) is 0 Å². The predicted octanol–water partition coefficient (Wildman–Crippen LogP) is 8.60. The first-order valence-electron chi connectivity index (χ1n) is 16.6. The smallest absolute Gasteiger partial charge is 0.410 e. The van der Waals surface area contributed by atoms with E-state index < -0.39 is 0 Å². The van der Waals surface area contributed by atoms with Crippen LogP contribution in [0.2, 0.25) is 10.0 Å². The van der Waals surface area contributed by atoms with Crippen molar-refractivity contribution in [1.82, 2.24) is 34.3 Å². The van der Waals surface area contributed by atoms with Crippen LogP contribution < -0.4 is 0 Å². The van der Waals surface area contributed by atoms with E-state index in [1.54, 1.807) is 22.2 Å². The Bertz CT molecular complexity index is 1960. The number of hydrogen-bond donors (Lipinski definition) is 0. The normalized spacial score (nSPS) is 14.0. The molecule has 0 saturated carbocycles. The molecule has 5 aromatic rings.